The molecular formula is C20H25NO3S. The van der Waals surface area contributed by atoms with Gasteiger partial charge in [0.1, 0.15) is 0 Å². The molecule has 0 saturated carbocycles. The van der Waals surface area contributed by atoms with Gasteiger partial charge in [-0.2, -0.15) is 0 Å². The van der Waals surface area contributed by atoms with Gasteiger partial charge in [0, 0.05) is 15.8 Å². The van der Waals surface area contributed by atoms with Gasteiger partial charge in [-0.25, -0.2) is 0 Å². The minimum Gasteiger partial charge on any atom is -0.490 e. The zero-order valence-corrected chi connectivity index (χ0v) is 16.0. The van der Waals surface area contributed by atoms with Crippen molar-refractivity contribution in [1.82, 2.24) is 5.32 Å². The first-order valence-corrected chi connectivity index (χ1v) is 9.29. The molecule has 0 bridgehead atoms. The van der Waals surface area contributed by atoms with Crippen LogP contribution in [0.4, 0.5) is 0 Å². The average Bonchev–Trinajstić information content (AvgIpc) is 3.00. The van der Waals surface area contributed by atoms with E-state index in [4.69, 9.17) is 9.47 Å². The Hall–Kier alpha value is -2.27. The number of nitrogens with one attached hydrogen (secondary N) is 1. The fourth-order valence-electron chi connectivity index (χ4n) is 2.38. The molecule has 1 aromatic carbocycles. The maximum absolute atomic E-state index is 12.1. The second kappa shape index (κ2) is 9.28. The maximum atomic E-state index is 12.1. The monoisotopic (exact) mass is 359 g/mol. The summed E-state index contributed by atoms with van der Waals surface area (Å²) in [5.74, 6) is 1.30. The number of hydrogen-bond acceptors (Lipinski definition) is 4. The highest BCUT2D eigenvalue weighted by molar-refractivity contribution is 7.12. The molecule has 0 aliphatic heterocycles. The van der Waals surface area contributed by atoms with E-state index in [1.807, 2.05) is 64.1 Å². The van der Waals surface area contributed by atoms with E-state index in [2.05, 4.69) is 5.32 Å². The third-order valence-corrected chi connectivity index (χ3v) is 4.55. The summed E-state index contributed by atoms with van der Waals surface area (Å²) in [6, 6.07) is 9.68. The largest absolute Gasteiger partial charge is 0.490 e. The highest BCUT2D eigenvalue weighted by Crippen LogP contribution is 2.30. The fraction of sp³-hybridized carbons (Fsp3) is 0.350. The van der Waals surface area contributed by atoms with E-state index in [0.29, 0.717) is 19.0 Å². The second-order valence-corrected chi connectivity index (χ2v) is 6.90. The number of carbonyl (C=O) groups excluding carboxylic acids is 1. The van der Waals surface area contributed by atoms with Crippen molar-refractivity contribution in [3.63, 3.8) is 0 Å². The topological polar surface area (TPSA) is 47.6 Å². The SMILES string of the molecule is CCOc1ccc(C(C)NC(=O)/C=C/c2ccc(C)s2)cc1OCC. The van der Waals surface area contributed by atoms with Gasteiger partial charge >= 0.3 is 0 Å². The van der Waals surface area contributed by atoms with Gasteiger partial charge in [0.2, 0.25) is 5.91 Å². The number of rotatable bonds is 8. The number of thiophene rings is 1. The molecule has 1 unspecified atom stereocenters. The molecule has 134 valence electrons. The first-order chi connectivity index (χ1) is 12.0. The van der Waals surface area contributed by atoms with Crippen molar-refractivity contribution in [2.45, 2.75) is 33.7 Å². The van der Waals surface area contributed by atoms with Crippen molar-refractivity contribution in [3.05, 3.63) is 51.7 Å². The molecule has 0 saturated heterocycles. The lowest BCUT2D eigenvalue weighted by molar-refractivity contribution is -0.117. The van der Waals surface area contributed by atoms with Crippen LogP contribution >= 0.6 is 11.3 Å². The standard InChI is InChI=1S/C20H25NO3S/c1-5-23-18-11-8-16(13-19(18)24-6-2)15(4)21-20(22)12-10-17-9-7-14(3)25-17/h7-13,15H,5-6H2,1-4H3,(H,21,22)/b12-10+. The first kappa shape index (κ1) is 19.1. The Kier molecular flexibility index (Phi) is 7.07. The number of amides is 1. The third-order valence-electron chi connectivity index (χ3n) is 3.59. The molecule has 0 aliphatic rings. The highest BCUT2D eigenvalue weighted by atomic mass is 32.1. The minimum absolute atomic E-state index is 0.120. The van der Waals surface area contributed by atoms with E-state index < -0.39 is 0 Å². The second-order valence-electron chi connectivity index (χ2n) is 5.58. The highest BCUT2D eigenvalue weighted by Gasteiger charge is 2.12. The van der Waals surface area contributed by atoms with Crippen LogP contribution in [-0.2, 0) is 4.79 Å². The summed E-state index contributed by atoms with van der Waals surface area (Å²) in [7, 11) is 0. The molecule has 25 heavy (non-hydrogen) atoms. The Morgan fingerprint density at radius 3 is 2.52 bits per heavy atom. The Balaban J connectivity index is 2.03. The molecule has 2 rings (SSSR count). The van der Waals surface area contributed by atoms with Gasteiger partial charge in [0.15, 0.2) is 11.5 Å². The van der Waals surface area contributed by atoms with E-state index in [-0.39, 0.29) is 11.9 Å². The van der Waals surface area contributed by atoms with Crippen LogP contribution in [-0.4, -0.2) is 19.1 Å². The molecule has 0 spiro atoms. The fourth-order valence-corrected chi connectivity index (χ4v) is 3.16. The molecule has 2 aromatic rings. The van der Waals surface area contributed by atoms with Gasteiger partial charge in [-0.05, 0) is 63.6 Å². The molecule has 1 N–H and O–H groups in total. The molecule has 0 aliphatic carbocycles. The number of aryl methyl sites for hydroxylation is 1. The predicted octanol–water partition coefficient (Wildman–Crippen LogP) is 4.74. The van der Waals surface area contributed by atoms with E-state index in [9.17, 15) is 4.79 Å². The maximum Gasteiger partial charge on any atom is 0.244 e. The van der Waals surface area contributed by atoms with E-state index in [1.165, 1.54) is 4.88 Å². The Morgan fingerprint density at radius 1 is 1.16 bits per heavy atom. The summed E-state index contributed by atoms with van der Waals surface area (Å²) in [6.07, 6.45) is 3.41. The summed E-state index contributed by atoms with van der Waals surface area (Å²) in [5, 5.41) is 2.98. The Bertz CT molecular complexity index is 736. The molecule has 4 nitrogen and oxygen atoms in total. The van der Waals surface area contributed by atoms with Crippen LogP contribution in [0.3, 0.4) is 0 Å². The van der Waals surface area contributed by atoms with Crippen LogP contribution < -0.4 is 14.8 Å². The average molecular weight is 359 g/mol. The molecule has 1 amide bonds. The molecule has 5 heteroatoms. The van der Waals surface area contributed by atoms with E-state index in [0.717, 1.165) is 16.2 Å². The number of hydrogen-bond donors (Lipinski definition) is 1. The van der Waals surface area contributed by atoms with Crippen LogP contribution in [0.1, 0.15) is 42.1 Å². The van der Waals surface area contributed by atoms with Gasteiger partial charge in [-0.1, -0.05) is 6.07 Å². The zero-order valence-electron chi connectivity index (χ0n) is 15.2. The summed E-state index contributed by atoms with van der Waals surface area (Å²) in [6.45, 7) is 9.02. The minimum atomic E-state index is -0.128. The van der Waals surface area contributed by atoms with Gasteiger partial charge in [0.05, 0.1) is 19.3 Å². The van der Waals surface area contributed by atoms with Crippen LogP contribution in [0.25, 0.3) is 6.08 Å². The molecule has 1 aromatic heterocycles. The van der Waals surface area contributed by atoms with Crippen molar-refractivity contribution >= 4 is 23.3 Å². The molecule has 0 fully saturated rings. The van der Waals surface area contributed by atoms with Crippen molar-refractivity contribution in [2.75, 3.05) is 13.2 Å². The number of benzene rings is 1. The molecule has 1 heterocycles. The summed E-state index contributed by atoms with van der Waals surface area (Å²) in [5.41, 5.74) is 0.973. The van der Waals surface area contributed by atoms with Crippen LogP contribution in [0.15, 0.2) is 36.4 Å². The molecule has 1 atom stereocenters. The Morgan fingerprint density at radius 2 is 1.88 bits per heavy atom. The van der Waals surface area contributed by atoms with Gasteiger partial charge < -0.3 is 14.8 Å². The predicted molar refractivity (Wildman–Crippen MR) is 103 cm³/mol. The number of ether oxygens (including phenoxy) is 2. The quantitative estimate of drug-likeness (QED) is 0.692. The smallest absolute Gasteiger partial charge is 0.244 e. The molecule has 0 radical (unpaired) electrons. The van der Waals surface area contributed by atoms with Gasteiger partial charge in [-0.3, -0.25) is 4.79 Å². The normalized spacial score (nSPS) is 12.2. The third kappa shape index (κ3) is 5.64. The lowest BCUT2D eigenvalue weighted by Gasteiger charge is -2.17. The van der Waals surface area contributed by atoms with Crippen LogP contribution in [0, 0.1) is 6.92 Å². The zero-order chi connectivity index (χ0) is 18.2. The summed E-state index contributed by atoms with van der Waals surface area (Å²) >= 11 is 1.66. The van der Waals surface area contributed by atoms with Crippen molar-refractivity contribution < 1.29 is 14.3 Å². The van der Waals surface area contributed by atoms with E-state index in [1.54, 1.807) is 17.4 Å². The summed E-state index contributed by atoms with van der Waals surface area (Å²) in [4.78, 5) is 14.4. The van der Waals surface area contributed by atoms with Crippen molar-refractivity contribution in [3.8, 4) is 11.5 Å². The van der Waals surface area contributed by atoms with Crippen molar-refractivity contribution in [2.24, 2.45) is 0 Å². The van der Waals surface area contributed by atoms with Crippen LogP contribution in [0.5, 0.6) is 11.5 Å². The first-order valence-electron chi connectivity index (χ1n) is 8.48. The lowest BCUT2D eigenvalue weighted by atomic mass is 10.1. The van der Waals surface area contributed by atoms with Gasteiger partial charge in [-0.15, -0.1) is 11.3 Å². The van der Waals surface area contributed by atoms with Gasteiger partial charge in [0.25, 0.3) is 0 Å². The van der Waals surface area contributed by atoms with E-state index >= 15 is 0 Å². The van der Waals surface area contributed by atoms with Crippen molar-refractivity contribution in [1.29, 1.82) is 0 Å². The Labute approximate surface area is 153 Å². The van der Waals surface area contributed by atoms with Crippen LogP contribution in [0.2, 0.25) is 0 Å². The number of carbonyl (C=O) groups is 1. The molecular weight excluding hydrogens is 334 g/mol. The summed E-state index contributed by atoms with van der Waals surface area (Å²) < 4.78 is 11.2. The lowest BCUT2D eigenvalue weighted by Crippen LogP contribution is -2.24.